The Morgan fingerprint density at radius 2 is 1.63 bits per heavy atom. The van der Waals surface area contributed by atoms with Crippen molar-refractivity contribution in [3.63, 3.8) is 0 Å². The van der Waals surface area contributed by atoms with E-state index >= 15 is 0 Å². The van der Waals surface area contributed by atoms with Gasteiger partial charge in [0.15, 0.2) is 0 Å². The van der Waals surface area contributed by atoms with Gasteiger partial charge < -0.3 is 4.74 Å². The van der Waals surface area contributed by atoms with Crippen molar-refractivity contribution in [3.8, 4) is 11.8 Å². The summed E-state index contributed by atoms with van der Waals surface area (Å²) in [6.07, 6.45) is 5.63. The maximum Gasteiger partial charge on any atom is 0.319 e. The molecule has 3 heterocycles. The molecule has 2 aliphatic carbocycles. The molecule has 0 unspecified atom stereocenters. The number of imide groups is 1. The first-order chi connectivity index (χ1) is 20.1. The summed E-state index contributed by atoms with van der Waals surface area (Å²) in [5, 5.41) is 12.3. The Morgan fingerprint density at radius 1 is 0.878 bits per heavy atom. The number of carbonyl (C=O) groups is 3. The van der Waals surface area contributed by atoms with Crippen molar-refractivity contribution < 1.29 is 19.1 Å². The summed E-state index contributed by atoms with van der Waals surface area (Å²) >= 11 is 1.38. The molecule has 2 amide bonds. The molecule has 8 rings (SSSR count). The Kier molecular flexibility index (Phi) is 5.32. The van der Waals surface area contributed by atoms with Crippen LogP contribution in [0.3, 0.4) is 0 Å². The molecule has 1 saturated heterocycles. The summed E-state index contributed by atoms with van der Waals surface area (Å²) in [5.74, 6) is -3.83. The lowest BCUT2D eigenvalue weighted by Crippen LogP contribution is -2.42. The third kappa shape index (κ3) is 3.37. The predicted octanol–water partition coefficient (Wildman–Crippen LogP) is 6.17. The molecule has 1 aromatic heterocycles. The minimum atomic E-state index is -0.925. The van der Waals surface area contributed by atoms with Crippen LogP contribution in [-0.4, -0.2) is 17.8 Å². The predicted molar refractivity (Wildman–Crippen MR) is 155 cm³/mol. The second-order valence-corrected chi connectivity index (χ2v) is 12.3. The lowest BCUT2D eigenvalue weighted by molar-refractivity contribution is -0.142. The van der Waals surface area contributed by atoms with Gasteiger partial charge in [-0.2, -0.15) is 5.26 Å². The van der Waals surface area contributed by atoms with Crippen molar-refractivity contribution in [1.29, 1.82) is 5.26 Å². The number of thiophene rings is 1. The van der Waals surface area contributed by atoms with Crippen molar-refractivity contribution in [2.24, 2.45) is 17.8 Å². The highest BCUT2D eigenvalue weighted by atomic mass is 32.1. The van der Waals surface area contributed by atoms with E-state index in [4.69, 9.17) is 4.74 Å². The summed E-state index contributed by atoms with van der Waals surface area (Å²) in [4.78, 5) is 44.8. The van der Waals surface area contributed by atoms with E-state index in [-0.39, 0.29) is 5.91 Å². The summed E-state index contributed by atoms with van der Waals surface area (Å²) in [5.41, 5.74) is 3.80. The number of benzene rings is 3. The molecule has 6 nitrogen and oxygen atoms in total. The summed E-state index contributed by atoms with van der Waals surface area (Å²) in [6.45, 7) is 0. The molecule has 3 aromatic carbocycles. The first kappa shape index (κ1) is 24.3. The number of nitriles is 1. The number of nitrogens with zero attached hydrogens (tertiary/aromatic N) is 2. The number of rotatable bonds is 2. The van der Waals surface area contributed by atoms with E-state index in [2.05, 4.69) is 6.07 Å². The first-order valence-electron chi connectivity index (χ1n) is 14.0. The number of carbonyl (C=O) groups excluding carboxylic acids is 3. The van der Waals surface area contributed by atoms with Gasteiger partial charge in [-0.05, 0) is 47.8 Å². The normalized spacial score (nSPS) is 24.6. The largest absolute Gasteiger partial charge is 0.425 e. The molecule has 1 fully saturated rings. The Labute approximate surface area is 240 Å². The summed E-state index contributed by atoms with van der Waals surface area (Å²) < 4.78 is 5.99. The van der Waals surface area contributed by atoms with E-state index in [1.165, 1.54) is 16.2 Å². The number of allylic oxidation sites excluding steroid dienone is 1. The van der Waals surface area contributed by atoms with Crippen LogP contribution in [-0.2, 0) is 27.2 Å². The topological polar surface area (TPSA) is 87.5 Å². The third-order valence-electron chi connectivity index (χ3n) is 9.14. The number of esters is 1. The summed E-state index contributed by atoms with van der Waals surface area (Å²) in [7, 11) is 0. The van der Waals surface area contributed by atoms with E-state index in [0.717, 1.165) is 63.6 Å². The molecular formula is C34H24N2O4S. The zero-order valence-corrected chi connectivity index (χ0v) is 22.8. The lowest BCUT2D eigenvalue weighted by atomic mass is 9.64. The zero-order chi connectivity index (χ0) is 27.8. The minimum absolute atomic E-state index is 0.351. The smallest absolute Gasteiger partial charge is 0.319 e. The van der Waals surface area contributed by atoms with Crippen molar-refractivity contribution in [2.75, 3.05) is 4.90 Å². The first-order valence-corrected chi connectivity index (χ1v) is 14.8. The van der Waals surface area contributed by atoms with Gasteiger partial charge in [-0.3, -0.25) is 14.4 Å². The van der Waals surface area contributed by atoms with Crippen LogP contribution >= 0.6 is 11.3 Å². The highest BCUT2D eigenvalue weighted by Gasteiger charge is 2.61. The van der Waals surface area contributed by atoms with Gasteiger partial charge in [-0.15, -0.1) is 11.3 Å². The number of hydrogen-bond donors (Lipinski definition) is 0. The maximum atomic E-state index is 14.4. The highest BCUT2D eigenvalue weighted by Crippen LogP contribution is 2.56. The fourth-order valence-electron chi connectivity index (χ4n) is 7.31. The number of hydrogen-bond acceptors (Lipinski definition) is 6. The number of fused-ring (bicyclic) bond motifs is 8. The molecule has 0 radical (unpaired) electrons. The highest BCUT2D eigenvalue weighted by molar-refractivity contribution is 7.17. The molecule has 4 aromatic rings. The van der Waals surface area contributed by atoms with Crippen molar-refractivity contribution in [2.45, 2.75) is 31.6 Å². The van der Waals surface area contributed by atoms with Gasteiger partial charge in [0, 0.05) is 21.7 Å². The van der Waals surface area contributed by atoms with E-state index in [1.54, 1.807) is 0 Å². The molecule has 0 bridgehead atoms. The molecule has 7 heteroatoms. The average Bonchev–Trinajstić information content (AvgIpc) is 3.50. The Morgan fingerprint density at radius 3 is 2.46 bits per heavy atom. The lowest BCUT2D eigenvalue weighted by Gasteiger charge is -2.38. The van der Waals surface area contributed by atoms with Gasteiger partial charge in [0.2, 0.25) is 11.8 Å². The van der Waals surface area contributed by atoms with Crippen LogP contribution in [0.2, 0.25) is 0 Å². The molecule has 0 N–H and O–H groups in total. The second-order valence-electron chi connectivity index (χ2n) is 11.2. The average molecular weight is 557 g/mol. The van der Waals surface area contributed by atoms with Gasteiger partial charge in [-0.1, -0.05) is 72.8 Å². The van der Waals surface area contributed by atoms with Crippen LogP contribution in [0.5, 0.6) is 5.75 Å². The van der Waals surface area contributed by atoms with Crippen LogP contribution in [0.25, 0.3) is 16.3 Å². The van der Waals surface area contributed by atoms with Crippen LogP contribution in [0.1, 0.15) is 45.9 Å². The number of amides is 2. The van der Waals surface area contributed by atoms with Gasteiger partial charge in [-0.25, -0.2) is 4.90 Å². The van der Waals surface area contributed by atoms with Crippen LogP contribution in [0, 0.1) is 29.1 Å². The fourth-order valence-corrected chi connectivity index (χ4v) is 8.66. The molecule has 41 heavy (non-hydrogen) atoms. The monoisotopic (exact) mass is 556 g/mol. The van der Waals surface area contributed by atoms with Crippen molar-refractivity contribution in [1.82, 2.24) is 0 Å². The fraction of sp³-hybridized carbons (Fsp3) is 0.235. The Bertz CT molecular complexity index is 1880. The number of aryl methyl sites for hydroxylation is 1. The second kappa shape index (κ2) is 8.98. The van der Waals surface area contributed by atoms with Crippen molar-refractivity contribution >= 4 is 50.5 Å². The van der Waals surface area contributed by atoms with E-state index in [9.17, 15) is 19.6 Å². The molecule has 4 aliphatic rings. The quantitative estimate of drug-likeness (QED) is 0.167. The zero-order valence-electron chi connectivity index (χ0n) is 22.0. The standard InChI is InChI=1S/C34H24N2O4S/c35-17-25-21-12-6-7-13-26(21)41-33(25)36-31(37)27-23(18-8-2-1-3-9-18)16-24-22-15-14-19-10-4-5-11-20(19)30(22)40-34(39)28(24)29(27)32(36)38/h1-5,8-11,14-16,23,27-29H,6-7,12-13H2/t23-,27+,28+,29-/m0/s1. The maximum absolute atomic E-state index is 14.4. The number of anilines is 1. The van der Waals surface area contributed by atoms with Gasteiger partial charge >= 0.3 is 5.97 Å². The Balaban J connectivity index is 1.33. The molecule has 2 aliphatic heterocycles. The molecular weight excluding hydrogens is 532 g/mol. The van der Waals surface area contributed by atoms with Crippen LogP contribution in [0.4, 0.5) is 5.00 Å². The van der Waals surface area contributed by atoms with E-state index in [0.29, 0.717) is 16.3 Å². The summed E-state index contributed by atoms with van der Waals surface area (Å²) in [6, 6.07) is 23.7. The van der Waals surface area contributed by atoms with E-state index < -0.39 is 35.5 Å². The van der Waals surface area contributed by atoms with Crippen LogP contribution < -0.4 is 9.64 Å². The third-order valence-corrected chi connectivity index (χ3v) is 10.4. The molecule has 0 saturated carbocycles. The molecule has 200 valence electrons. The van der Waals surface area contributed by atoms with Crippen molar-refractivity contribution in [3.05, 3.63) is 99.9 Å². The molecule has 4 atom stereocenters. The van der Waals surface area contributed by atoms with Gasteiger partial charge in [0.25, 0.3) is 0 Å². The van der Waals surface area contributed by atoms with Crippen LogP contribution in [0.15, 0.2) is 72.8 Å². The van der Waals surface area contributed by atoms with Gasteiger partial charge in [0.1, 0.15) is 16.8 Å². The van der Waals surface area contributed by atoms with E-state index in [1.807, 2.05) is 72.8 Å². The minimum Gasteiger partial charge on any atom is -0.425 e. The molecule has 0 spiro atoms. The Hall–Kier alpha value is -4.54. The number of ether oxygens (including phenoxy) is 1. The van der Waals surface area contributed by atoms with Gasteiger partial charge in [0.05, 0.1) is 23.3 Å². The SMILES string of the molecule is N#Cc1c(N2C(=O)[C@@H]3[C@@H]4C(=O)Oc5c(ccc6ccccc56)C4=C[C@@H](c4ccccc4)[C@H]3C2=O)sc2c1CCCC2.